The van der Waals surface area contributed by atoms with Gasteiger partial charge in [0, 0.05) is 17.3 Å². The third-order valence-electron chi connectivity index (χ3n) is 2.67. The van der Waals surface area contributed by atoms with E-state index < -0.39 is 11.7 Å². The van der Waals surface area contributed by atoms with Gasteiger partial charge in [-0.15, -0.1) is 0 Å². The Morgan fingerprint density at radius 1 is 1.30 bits per heavy atom. The van der Waals surface area contributed by atoms with Crippen molar-refractivity contribution in [2.75, 3.05) is 12.4 Å². The predicted octanol–water partition coefficient (Wildman–Crippen LogP) is 3.99. The first kappa shape index (κ1) is 14.7. The van der Waals surface area contributed by atoms with Crippen molar-refractivity contribution in [1.29, 1.82) is 0 Å². The topological polar surface area (TPSA) is 38.3 Å². The summed E-state index contributed by atoms with van der Waals surface area (Å²) in [5.41, 5.74) is 1.53. The SMILES string of the molecule is COCc1cccc(NC(=O)c2cc(Br)ccc2F)c1. The Labute approximate surface area is 124 Å². The Balaban J connectivity index is 2.19. The molecule has 20 heavy (non-hydrogen) atoms. The fourth-order valence-corrected chi connectivity index (χ4v) is 2.14. The van der Waals surface area contributed by atoms with E-state index in [4.69, 9.17) is 4.74 Å². The van der Waals surface area contributed by atoms with Gasteiger partial charge in [-0.2, -0.15) is 0 Å². The minimum Gasteiger partial charge on any atom is -0.380 e. The normalized spacial score (nSPS) is 10.3. The van der Waals surface area contributed by atoms with E-state index in [1.165, 1.54) is 12.1 Å². The van der Waals surface area contributed by atoms with Gasteiger partial charge in [-0.05, 0) is 35.9 Å². The van der Waals surface area contributed by atoms with Crippen LogP contribution in [0.1, 0.15) is 15.9 Å². The fraction of sp³-hybridized carbons (Fsp3) is 0.133. The summed E-state index contributed by atoms with van der Waals surface area (Å²) in [5.74, 6) is -1.04. The van der Waals surface area contributed by atoms with Crippen molar-refractivity contribution < 1.29 is 13.9 Å². The molecule has 0 fully saturated rings. The van der Waals surface area contributed by atoms with E-state index in [1.807, 2.05) is 6.07 Å². The number of hydrogen-bond donors (Lipinski definition) is 1. The third-order valence-corrected chi connectivity index (χ3v) is 3.16. The van der Waals surface area contributed by atoms with Gasteiger partial charge in [-0.25, -0.2) is 4.39 Å². The molecule has 2 aromatic rings. The van der Waals surface area contributed by atoms with E-state index in [9.17, 15) is 9.18 Å². The van der Waals surface area contributed by atoms with Crippen molar-refractivity contribution in [3.8, 4) is 0 Å². The van der Waals surface area contributed by atoms with Gasteiger partial charge < -0.3 is 10.1 Å². The monoisotopic (exact) mass is 337 g/mol. The average Bonchev–Trinajstić information content (AvgIpc) is 2.42. The Kier molecular flexibility index (Phi) is 4.87. The molecule has 0 atom stereocenters. The van der Waals surface area contributed by atoms with Crippen LogP contribution in [-0.4, -0.2) is 13.0 Å². The van der Waals surface area contributed by atoms with Crippen LogP contribution in [0, 0.1) is 5.82 Å². The molecule has 0 bridgehead atoms. The van der Waals surface area contributed by atoms with E-state index in [-0.39, 0.29) is 5.56 Å². The van der Waals surface area contributed by atoms with Gasteiger partial charge in [0.25, 0.3) is 5.91 Å². The molecule has 0 aliphatic rings. The Hall–Kier alpha value is -1.72. The Bertz CT molecular complexity index is 631. The highest BCUT2D eigenvalue weighted by Gasteiger charge is 2.12. The molecule has 0 aliphatic heterocycles. The maximum atomic E-state index is 13.6. The molecule has 1 amide bonds. The first-order valence-corrected chi connectivity index (χ1v) is 6.73. The lowest BCUT2D eigenvalue weighted by Gasteiger charge is -2.08. The Morgan fingerprint density at radius 2 is 2.10 bits per heavy atom. The smallest absolute Gasteiger partial charge is 0.258 e. The summed E-state index contributed by atoms with van der Waals surface area (Å²) in [6.45, 7) is 0.453. The van der Waals surface area contributed by atoms with Gasteiger partial charge in [0.15, 0.2) is 0 Å². The number of hydrogen-bond acceptors (Lipinski definition) is 2. The lowest BCUT2D eigenvalue weighted by atomic mass is 10.1. The number of ether oxygens (including phenoxy) is 1. The van der Waals surface area contributed by atoms with Crippen molar-refractivity contribution in [2.24, 2.45) is 0 Å². The summed E-state index contributed by atoms with van der Waals surface area (Å²) in [4.78, 5) is 12.1. The van der Waals surface area contributed by atoms with Gasteiger partial charge in [-0.3, -0.25) is 4.79 Å². The lowest BCUT2D eigenvalue weighted by molar-refractivity contribution is 0.102. The molecule has 0 aromatic heterocycles. The zero-order valence-corrected chi connectivity index (χ0v) is 12.4. The molecule has 0 saturated carbocycles. The highest BCUT2D eigenvalue weighted by Crippen LogP contribution is 2.18. The summed E-state index contributed by atoms with van der Waals surface area (Å²) < 4.78 is 19.3. The van der Waals surface area contributed by atoms with Crippen LogP contribution >= 0.6 is 15.9 Å². The van der Waals surface area contributed by atoms with Gasteiger partial charge in [0.2, 0.25) is 0 Å². The molecule has 2 rings (SSSR count). The molecule has 0 saturated heterocycles. The van der Waals surface area contributed by atoms with Gasteiger partial charge in [-0.1, -0.05) is 28.1 Å². The molecule has 0 aliphatic carbocycles. The fourth-order valence-electron chi connectivity index (χ4n) is 1.78. The second-order valence-corrected chi connectivity index (χ2v) is 5.13. The number of halogens is 2. The molecule has 0 radical (unpaired) electrons. The van der Waals surface area contributed by atoms with E-state index >= 15 is 0 Å². The van der Waals surface area contributed by atoms with Crippen molar-refractivity contribution in [3.05, 3.63) is 63.9 Å². The summed E-state index contributed by atoms with van der Waals surface area (Å²) >= 11 is 3.22. The van der Waals surface area contributed by atoms with Gasteiger partial charge in [0.05, 0.1) is 12.2 Å². The average molecular weight is 338 g/mol. The highest BCUT2D eigenvalue weighted by atomic mass is 79.9. The van der Waals surface area contributed by atoms with Crippen molar-refractivity contribution in [1.82, 2.24) is 0 Å². The number of carbonyl (C=O) groups excluding carboxylic acids is 1. The van der Waals surface area contributed by atoms with E-state index in [0.29, 0.717) is 16.8 Å². The summed E-state index contributed by atoms with van der Waals surface area (Å²) in [5, 5.41) is 2.67. The summed E-state index contributed by atoms with van der Waals surface area (Å²) in [7, 11) is 1.60. The zero-order valence-electron chi connectivity index (χ0n) is 10.8. The number of methoxy groups -OCH3 is 1. The van der Waals surface area contributed by atoms with Crippen LogP contribution in [0.15, 0.2) is 46.9 Å². The number of carbonyl (C=O) groups is 1. The molecular weight excluding hydrogens is 325 g/mol. The number of amides is 1. The first-order valence-electron chi connectivity index (χ1n) is 5.94. The first-order chi connectivity index (χ1) is 9.60. The third kappa shape index (κ3) is 3.65. The molecular formula is C15H13BrFNO2. The van der Waals surface area contributed by atoms with Crippen molar-refractivity contribution in [2.45, 2.75) is 6.61 Å². The Morgan fingerprint density at radius 3 is 2.85 bits per heavy atom. The molecule has 0 heterocycles. The van der Waals surface area contributed by atoms with Crippen molar-refractivity contribution >= 4 is 27.5 Å². The van der Waals surface area contributed by atoms with E-state index in [1.54, 1.807) is 31.4 Å². The van der Waals surface area contributed by atoms with Gasteiger partial charge >= 0.3 is 0 Å². The maximum Gasteiger partial charge on any atom is 0.258 e. The number of anilines is 1. The molecule has 0 spiro atoms. The lowest BCUT2D eigenvalue weighted by Crippen LogP contribution is -2.14. The van der Waals surface area contributed by atoms with Crippen molar-refractivity contribution in [3.63, 3.8) is 0 Å². The number of rotatable bonds is 4. The largest absolute Gasteiger partial charge is 0.380 e. The quantitative estimate of drug-likeness (QED) is 0.916. The summed E-state index contributed by atoms with van der Waals surface area (Å²) in [6.07, 6.45) is 0. The van der Waals surface area contributed by atoms with Crippen LogP contribution in [0.25, 0.3) is 0 Å². The van der Waals surface area contributed by atoms with Crippen LogP contribution < -0.4 is 5.32 Å². The maximum absolute atomic E-state index is 13.6. The molecule has 1 N–H and O–H groups in total. The number of nitrogens with one attached hydrogen (secondary N) is 1. The van der Waals surface area contributed by atoms with Gasteiger partial charge in [0.1, 0.15) is 5.82 Å². The number of benzene rings is 2. The molecule has 2 aromatic carbocycles. The van der Waals surface area contributed by atoms with Crippen LogP contribution in [-0.2, 0) is 11.3 Å². The summed E-state index contributed by atoms with van der Waals surface area (Å²) in [6, 6.07) is 11.5. The second kappa shape index (κ2) is 6.63. The second-order valence-electron chi connectivity index (χ2n) is 4.21. The van der Waals surface area contributed by atoms with Crippen LogP contribution in [0.3, 0.4) is 0 Å². The predicted molar refractivity (Wildman–Crippen MR) is 79.2 cm³/mol. The van der Waals surface area contributed by atoms with Crippen LogP contribution in [0.2, 0.25) is 0 Å². The highest BCUT2D eigenvalue weighted by molar-refractivity contribution is 9.10. The van der Waals surface area contributed by atoms with E-state index in [2.05, 4.69) is 21.2 Å². The standard InChI is InChI=1S/C15H13BrFNO2/c1-20-9-10-3-2-4-12(7-10)18-15(19)13-8-11(16)5-6-14(13)17/h2-8H,9H2,1H3,(H,18,19). The minimum absolute atomic E-state index is 0.00322. The zero-order chi connectivity index (χ0) is 14.5. The van der Waals surface area contributed by atoms with E-state index in [0.717, 1.165) is 5.56 Å². The molecule has 104 valence electrons. The molecule has 0 unspecified atom stereocenters. The molecule has 5 heteroatoms. The van der Waals surface area contributed by atoms with Crippen LogP contribution in [0.4, 0.5) is 10.1 Å². The minimum atomic E-state index is -0.557. The molecule has 3 nitrogen and oxygen atoms in total. The van der Waals surface area contributed by atoms with Crippen LogP contribution in [0.5, 0.6) is 0 Å².